The molecule has 0 bridgehead atoms. The third kappa shape index (κ3) is 3.47. The lowest BCUT2D eigenvalue weighted by atomic mass is 9.86. The van der Waals surface area contributed by atoms with Crippen LogP contribution in [0.4, 0.5) is 10.1 Å². The Kier molecular flexibility index (Phi) is 4.94. The highest BCUT2D eigenvalue weighted by Gasteiger charge is 2.38. The molecule has 1 atom stereocenters. The number of amides is 1. The Morgan fingerprint density at radius 1 is 1.15 bits per heavy atom. The van der Waals surface area contributed by atoms with Gasteiger partial charge in [0.2, 0.25) is 5.91 Å². The van der Waals surface area contributed by atoms with Crippen LogP contribution in [0.3, 0.4) is 0 Å². The van der Waals surface area contributed by atoms with E-state index >= 15 is 0 Å². The molecule has 1 fully saturated rings. The fourth-order valence-corrected chi connectivity index (χ4v) is 4.79. The van der Waals surface area contributed by atoms with Gasteiger partial charge in [0.1, 0.15) is 5.82 Å². The first kappa shape index (κ1) is 18.1. The number of carbonyl (C=O) groups excluding carboxylic acids is 1. The Bertz CT molecular complexity index is 953. The van der Waals surface area contributed by atoms with E-state index in [0.717, 1.165) is 20.8 Å². The van der Waals surface area contributed by atoms with Gasteiger partial charge in [0.25, 0.3) is 0 Å². The molecule has 0 unspecified atom stereocenters. The zero-order valence-electron chi connectivity index (χ0n) is 14.2. The lowest BCUT2D eigenvalue weighted by molar-refractivity contribution is -0.129. The van der Waals surface area contributed by atoms with Gasteiger partial charge in [0.05, 0.1) is 29.2 Å². The first-order chi connectivity index (χ1) is 13.1. The topological polar surface area (TPSA) is 47.3 Å². The summed E-state index contributed by atoms with van der Waals surface area (Å²) in [6, 6.07) is 16.3. The maximum atomic E-state index is 13.2. The summed E-state index contributed by atoms with van der Waals surface area (Å²) in [5.74, 6) is -0.0122. The first-order valence-electron chi connectivity index (χ1n) is 8.40. The van der Waals surface area contributed by atoms with Crippen molar-refractivity contribution >= 4 is 39.3 Å². The van der Waals surface area contributed by atoms with E-state index in [4.69, 9.17) is 0 Å². The van der Waals surface area contributed by atoms with Crippen molar-refractivity contribution in [3.8, 4) is 6.07 Å². The molecule has 4 nitrogen and oxygen atoms in total. The van der Waals surface area contributed by atoms with E-state index in [0.29, 0.717) is 18.1 Å². The van der Waals surface area contributed by atoms with Gasteiger partial charge in [-0.25, -0.2) is 4.39 Å². The number of hydrogen-bond acceptors (Lipinski definition) is 4. The molecule has 0 aromatic heterocycles. The zero-order chi connectivity index (χ0) is 19.0. The van der Waals surface area contributed by atoms with Crippen molar-refractivity contribution in [3.63, 3.8) is 0 Å². The smallest absolute Gasteiger partial charge is 0.229 e. The van der Waals surface area contributed by atoms with Gasteiger partial charge >= 0.3 is 0 Å². The molecule has 1 saturated heterocycles. The molecule has 2 aliphatic heterocycles. The summed E-state index contributed by atoms with van der Waals surface area (Å²) in [4.78, 5) is 16.6. The second-order valence-corrected chi connectivity index (χ2v) is 8.24. The molecular weight excluding hydrogens is 429 g/mol. The van der Waals surface area contributed by atoms with Crippen molar-refractivity contribution in [1.82, 2.24) is 4.90 Å². The fourth-order valence-electron chi connectivity index (χ4n) is 3.36. The number of allylic oxidation sites excluding steroid dienone is 1. The van der Waals surface area contributed by atoms with Crippen molar-refractivity contribution in [2.45, 2.75) is 12.3 Å². The highest BCUT2D eigenvalue weighted by Crippen LogP contribution is 2.43. The number of nitriles is 1. The lowest BCUT2D eigenvalue weighted by Gasteiger charge is -2.42. The van der Waals surface area contributed by atoms with Crippen molar-refractivity contribution in [2.24, 2.45) is 0 Å². The van der Waals surface area contributed by atoms with E-state index in [1.54, 1.807) is 17.0 Å². The summed E-state index contributed by atoms with van der Waals surface area (Å²) in [5.41, 5.74) is 2.41. The van der Waals surface area contributed by atoms with Gasteiger partial charge in [0, 0.05) is 22.5 Å². The minimum absolute atomic E-state index is 0.0207. The van der Waals surface area contributed by atoms with Crippen LogP contribution in [0.15, 0.2) is 63.6 Å². The summed E-state index contributed by atoms with van der Waals surface area (Å²) in [5, 5.41) is 10.5. The Morgan fingerprint density at radius 3 is 2.52 bits per heavy atom. The largest absolute Gasteiger partial charge is 0.344 e. The van der Waals surface area contributed by atoms with Crippen LogP contribution >= 0.6 is 27.7 Å². The molecule has 2 heterocycles. The quantitative estimate of drug-likeness (QED) is 0.667. The molecular formula is C20H15BrFN3OS. The third-order valence-corrected chi connectivity index (χ3v) is 6.44. The average molecular weight is 444 g/mol. The Balaban J connectivity index is 1.65. The molecule has 1 amide bonds. The number of anilines is 1. The molecule has 2 aromatic carbocycles. The van der Waals surface area contributed by atoms with Gasteiger partial charge in [0.15, 0.2) is 0 Å². The summed E-state index contributed by atoms with van der Waals surface area (Å²) < 4.78 is 14.2. The van der Waals surface area contributed by atoms with Gasteiger partial charge < -0.3 is 4.90 Å². The summed E-state index contributed by atoms with van der Waals surface area (Å²) in [7, 11) is 0. The van der Waals surface area contributed by atoms with Crippen molar-refractivity contribution < 1.29 is 9.18 Å². The van der Waals surface area contributed by atoms with Gasteiger partial charge in [-0.15, -0.1) is 0 Å². The fraction of sp³-hybridized carbons (Fsp3) is 0.200. The first-order valence-corrected chi connectivity index (χ1v) is 10.2. The molecule has 4 rings (SSSR count). The van der Waals surface area contributed by atoms with Gasteiger partial charge in [-0.2, -0.15) is 5.26 Å². The molecule has 2 aromatic rings. The van der Waals surface area contributed by atoms with E-state index in [1.165, 1.54) is 23.9 Å². The van der Waals surface area contributed by atoms with Crippen LogP contribution in [0.25, 0.3) is 0 Å². The maximum absolute atomic E-state index is 13.2. The van der Waals surface area contributed by atoms with E-state index in [-0.39, 0.29) is 24.1 Å². The number of benzene rings is 2. The highest BCUT2D eigenvalue weighted by atomic mass is 79.9. The average Bonchev–Trinajstić information content (AvgIpc) is 2.69. The van der Waals surface area contributed by atoms with Crippen LogP contribution in [0.5, 0.6) is 0 Å². The van der Waals surface area contributed by atoms with Crippen molar-refractivity contribution in [3.05, 3.63) is 75.0 Å². The summed E-state index contributed by atoms with van der Waals surface area (Å²) in [6.45, 7) is 0.421. The zero-order valence-corrected chi connectivity index (χ0v) is 16.6. The van der Waals surface area contributed by atoms with E-state index in [2.05, 4.69) is 26.9 Å². The minimum atomic E-state index is -0.328. The van der Waals surface area contributed by atoms with Crippen LogP contribution in [0, 0.1) is 17.1 Å². The van der Waals surface area contributed by atoms with E-state index in [1.807, 2.05) is 24.3 Å². The monoisotopic (exact) mass is 443 g/mol. The molecule has 0 saturated carbocycles. The number of thioether (sulfide) groups is 1. The number of halogens is 2. The molecule has 0 radical (unpaired) electrons. The second-order valence-electron chi connectivity index (χ2n) is 6.39. The number of hydrogen-bond donors (Lipinski definition) is 0. The molecule has 0 N–H and O–H groups in total. The normalized spacial score (nSPS) is 19.7. The van der Waals surface area contributed by atoms with Gasteiger partial charge in [-0.3, -0.25) is 9.69 Å². The number of carbonyl (C=O) groups is 1. The molecule has 136 valence electrons. The van der Waals surface area contributed by atoms with E-state index in [9.17, 15) is 14.4 Å². The van der Waals surface area contributed by atoms with Crippen LogP contribution in [-0.4, -0.2) is 23.4 Å². The van der Waals surface area contributed by atoms with Gasteiger partial charge in [-0.1, -0.05) is 39.8 Å². The molecule has 27 heavy (non-hydrogen) atoms. The predicted octanol–water partition coefficient (Wildman–Crippen LogP) is 4.81. The van der Waals surface area contributed by atoms with Gasteiger partial charge in [-0.05, 0) is 42.0 Å². The van der Waals surface area contributed by atoms with Crippen LogP contribution in [0.1, 0.15) is 17.9 Å². The number of nitrogens with zero attached hydrogens (tertiary/aromatic N) is 3. The predicted molar refractivity (Wildman–Crippen MR) is 107 cm³/mol. The summed E-state index contributed by atoms with van der Waals surface area (Å²) in [6.07, 6.45) is 0.215. The van der Waals surface area contributed by atoms with Crippen molar-refractivity contribution in [1.29, 1.82) is 5.26 Å². The standard InChI is InChI=1S/C20H15BrFN3OS/c21-14-3-7-16(8-4-14)24-11-25-19(26)9-17(13-1-5-15(22)6-2-13)18(10-23)20(25)27-12-24/h1-8,17H,9,11-12H2/t17-/m1/s1. The minimum Gasteiger partial charge on any atom is -0.344 e. The SMILES string of the molecule is N#CC1=C2SCN(c3ccc(Br)cc3)CN2C(=O)C[C@@H]1c1ccc(F)cc1. The molecule has 2 aliphatic rings. The summed E-state index contributed by atoms with van der Waals surface area (Å²) >= 11 is 4.92. The lowest BCUT2D eigenvalue weighted by Crippen LogP contribution is -2.47. The Hall–Kier alpha value is -2.30. The maximum Gasteiger partial charge on any atom is 0.229 e. The third-order valence-electron chi connectivity index (χ3n) is 4.76. The molecule has 0 aliphatic carbocycles. The molecule has 7 heteroatoms. The number of rotatable bonds is 2. The highest BCUT2D eigenvalue weighted by molar-refractivity contribution is 9.10. The van der Waals surface area contributed by atoms with Crippen molar-refractivity contribution in [2.75, 3.05) is 17.4 Å². The van der Waals surface area contributed by atoms with Crippen LogP contribution < -0.4 is 4.90 Å². The van der Waals surface area contributed by atoms with E-state index < -0.39 is 0 Å². The number of fused-ring (bicyclic) bond motifs is 1. The molecule has 0 spiro atoms. The van der Waals surface area contributed by atoms with Crippen LogP contribution in [0.2, 0.25) is 0 Å². The second kappa shape index (κ2) is 7.37. The van der Waals surface area contributed by atoms with Crippen LogP contribution in [-0.2, 0) is 4.79 Å². The Labute approximate surface area is 169 Å². The Morgan fingerprint density at radius 2 is 1.85 bits per heavy atom.